The Morgan fingerprint density at radius 2 is 2.11 bits per heavy atom. The zero-order valence-electron chi connectivity index (χ0n) is 10.5. The van der Waals surface area contributed by atoms with Gasteiger partial charge in [-0.05, 0) is 30.4 Å². The highest BCUT2D eigenvalue weighted by molar-refractivity contribution is 8.26. The van der Waals surface area contributed by atoms with Crippen molar-refractivity contribution < 1.29 is 4.79 Å². The maximum Gasteiger partial charge on any atom is 0.266 e. The second kappa shape index (κ2) is 5.77. The molecule has 0 aromatic carbocycles. The average Bonchev–Trinajstić information content (AvgIpc) is 3.01. The number of carbonyl (C=O) groups is 1. The molecule has 2 nitrogen and oxygen atoms in total. The highest BCUT2D eigenvalue weighted by Gasteiger charge is 2.37. The van der Waals surface area contributed by atoms with E-state index in [1.165, 1.54) is 31.0 Å². The van der Waals surface area contributed by atoms with Crippen LogP contribution >= 0.6 is 35.3 Å². The summed E-state index contributed by atoms with van der Waals surface area (Å²) in [4.78, 5) is 16.2. The zero-order valence-corrected chi connectivity index (χ0v) is 13.0. The quantitative estimate of drug-likeness (QED) is 0.601. The number of hydrogen-bond acceptors (Lipinski definition) is 4. The summed E-state index contributed by atoms with van der Waals surface area (Å²) in [6.07, 6.45) is 7.87. The molecule has 0 atom stereocenters. The number of amides is 1. The second-order valence-electron chi connectivity index (χ2n) is 4.86. The maximum atomic E-state index is 12.5. The minimum absolute atomic E-state index is 0.107. The standard InChI is InChI=1S/C14H15NOS3/c16-13-12(9-11-7-4-8-18-11)19-14(17)15(13)10-5-2-1-3-6-10/h4,7-10H,1-3,5-6H2. The topological polar surface area (TPSA) is 20.3 Å². The fraction of sp³-hybridized carbons (Fsp3) is 0.429. The fourth-order valence-electron chi connectivity index (χ4n) is 2.64. The molecule has 0 radical (unpaired) electrons. The summed E-state index contributed by atoms with van der Waals surface area (Å²) in [7, 11) is 0. The van der Waals surface area contributed by atoms with Crippen molar-refractivity contribution in [1.29, 1.82) is 0 Å². The molecule has 0 spiro atoms. The SMILES string of the molecule is O=C1C(=Cc2cccs2)SC(=S)N1C1CCCCC1. The van der Waals surface area contributed by atoms with Crippen molar-refractivity contribution in [2.75, 3.05) is 0 Å². The van der Waals surface area contributed by atoms with Crippen LogP contribution in [0.25, 0.3) is 6.08 Å². The Morgan fingerprint density at radius 3 is 2.79 bits per heavy atom. The van der Waals surface area contributed by atoms with E-state index in [0.717, 1.165) is 26.9 Å². The molecular weight excluding hydrogens is 294 g/mol. The molecule has 1 amide bonds. The van der Waals surface area contributed by atoms with Crippen LogP contribution in [0.15, 0.2) is 22.4 Å². The van der Waals surface area contributed by atoms with Gasteiger partial charge in [0.25, 0.3) is 5.91 Å². The van der Waals surface area contributed by atoms with Crippen molar-refractivity contribution in [2.45, 2.75) is 38.1 Å². The van der Waals surface area contributed by atoms with Crippen molar-refractivity contribution in [3.05, 3.63) is 27.3 Å². The predicted octanol–water partition coefficient (Wildman–Crippen LogP) is 4.28. The number of thioether (sulfide) groups is 1. The molecule has 0 unspecified atom stereocenters. The number of thiophene rings is 1. The molecule has 2 fully saturated rings. The van der Waals surface area contributed by atoms with E-state index < -0.39 is 0 Å². The van der Waals surface area contributed by atoms with Crippen molar-refractivity contribution in [3.63, 3.8) is 0 Å². The van der Waals surface area contributed by atoms with Gasteiger partial charge in [-0.2, -0.15) is 0 Å². The smallest absolute Gasteiger partial charge is 0.266 e. The van der Waals surface area contributed by atoms with E-state index in [2.05, 4.69) is 0 Å². The molecule has 5 heteroatoms. The minimum atomic E-state index is 0.107. The molecule has 1 aromatic rings. The second-order valence-corrected chi connectivity index (χ2v) is 7.51. The van der Waals surface area contributed by atoms with Gasteiger partial charge in [-0.1, -0.05) is 49.3 Å². The molecule has 19 heavy (non-hydrogen) atoms. The molecule has 1 saturated heterocycles. The highest BCUT2D eigenvalue weighted by Crippen LogP contribution is 2.37. The van der Waals surface area contributed by atoms with E-state index in [0.29, 0.717) is 6.04 Å². The molecule has 1 aliphatic carbocycles. The van der Waals surface area contributed by atoms with Crippen LogP contribution in [0.5, 0.6) is 0 Å². The lowest BCUT2D eigenvalue weighted by molar-refractivity contribution is -0.124. The van der Waals surface area contributed by atoms with Gasteiger partial charge in [-0.3, -0.25) is 9.69 Å². The van der Waals surface area contributed by atoms with E-state index >= 15 is 0 Å². The molecule has 100 valence electrons. The Bertz CT molecular complexity index is 515. The van der Waals surface area contributed by atoms with Gasteiger partial charge in [0, 0.05) is 10.9 Å². The number of nitrogens with zero attached hydrogens (tertiary/aromatic N) is 1. The highest BCUT2D eigenvalue weighted by atomic mass is 32.2. The third-order valence-corrected chi connectivity index (χ3v) is 5.73. The minimum Gasteiger partial charge on any atom is -0.290 e. The molecule has 1 aromatic heterocycles. The Morgan fingerprint density at radius 1 is 1.32 bits per heavy atom. The molecular formula is C14H15NOS3. The monoisotopic (exact) mass is 309 g/mol. The Balaban J connectivity index is 1.80. The molecule has 0 bridgehead atoms. The number of thiocarbonyl (C=S) groups is 1. The summed E-state index contributed by atoms with van der Waals surface area (Å²) in [5, 5.41) is 2.02. The normalized spacial score (nSPS) is 23.6. The number of carbonyl (C=O) groups excluding carboxylic acids is 1. The van der Waals surface area contributed by atoms with Gasteiger partial charge in [-0.25, -0.2) is 0 Å². The third kappa shape index (κ3) is 2.78. The van der Waals surface area contributed by atoms with Gasteiger partial charge in [0.15, 0.2) is 0 Å². The van der Waals surface area contributed by atoms with Gasteiger partial charge < -0.3 is 0 Å². The third-order valence-electron chi connectivity index (χ3n) is 3.58. The first-order valence-electron chi connectivity index (χ1n) is 6.56. The number of hydrogen-bond donors (Lipinski definition) is 0. The molecule has 3 rings (SSSR count). The first-order chi connectivity index (χ1) is 9.25. The van der Waals surface area contributed by atoms with E-state index in [1.807, 2.05) is 28.5 Å². The van der Waals surface area contributed by atoms with Crippen LogP contribution in [0.1, 0.15) is 37.0 Å². The predicted molar refractivity (Wildman–Crippen MR) is 86.2 cm³/mol. The summed E-state index contributed by atoms with van der Waals surface area (Å²) in [5.41, 5.74) is 0. The molecule has 2 aliphatic rings. The van der Waals surface area contributed by atoms with E-state index in [-0.39, 0.29) is 5.91 Å². The van der Waals surface area contributed by atoms with E-state index in [4.69, 9.17) is 12.2 Å². The first-order valence-corrected chi connectivity index (χ1v) is 8.67. The summed E-state index contributed by atoms with van der Waals surface area (Å²) in [6.45, 7) is 0. The van der Waals surface area contributed by atoms with Crippen LogP contribution in [0.4, 0.5) is 0 Å². The lowest BCUT2D eigenvalue weighted by atomic mass is 9.94. The summed E-state index contributed by atoms with van der Waals surface area (Å²) in [5.74, 6) is 0.107. The van der Waals surface area contributed by atoms with Crippen LogP contribution in [0, 0.1) is 0 Å². The van der Waals surface area contributed by atoms with Crippen LogP contribution < -0.4 is 0 Å². The van der Waals surface area contributed by atoms with Gasteiger partial charge >= 0.3 is 0 Å². The van der Waals surface area contributed by atoms with Gasteiger partial charge in [0.2, 0.25) is 0 Å². The first kappa shape index (κ1) is 13.3. The largest absolute Gasteiger partial charge is 0.290 e. The fourth-order valence-corrected chi connectivity index (χ4v) is 4.76. The van der Waals surface area contributed by atoms with Crippen molar-refractivity contribution >= 4 is 51.6 Å². The van der Waals surface area contributed by atoms with Crippen LogP contribution in [-0.2, 0) is 4.79 Å². The van der Waals surface area contributed by atoms with E-state index in [9.17, 15) is 4.79 Å². The zero-order chi connectivity index (χ0) is 13.2. The maximum absolute atomic E-state index is 12.5. The summed E-state index contributed by atoms with van der Waals surface area (Å²) < 4.78 is 0.736. The van der Waals surface area contributed by atoms with Gasteiger partial charge in [-0.15, -0.1) is 11.3 Å². The van der Waals surface area contributed by atoms with E-state index in [1.54, 1.807) is 11.3 Å². The Kier molecular flexibility index (Phi) is 4.05. The van der Waals surface area contributed by atoms with Crippen molar-refractivity contribution in [1.82, 2.24) is 4.90 Å². The van der Waals surface area contributed by atoms with Crippen LogP contribution in [0.3, 0.4) is 0 Å². The molecule has 1 saturated carbocycles. The van der Waals surface area contributed by atoms with Gasteiger partial charge in [0.1, 0.15) is 4.32 Å². The average molecular weight is 309 g/mol. The summed E-state index contributed by atoms with van der Waals surface area (Å²) >= 11 is 8.50. The van der Waals surface area contributed by atoms with Crippen LogP contribution in [0.2, 0.25) is 0 Å². The van der Waals surface area contributed by atoms with Crippen molar-refractivity contribution in [3.8, 4) is 0 Å². The van der Waals surface area contributed by atoms with Crippen molar-refractivity contribution in [2.24, 2.45) is 0 Å². The Hall–Kier alpha value is -0.650. The molecule has 1 aliphatic heterocycles. The van der Waals surface area contributed by atoms with Crippen LogP contribution in [-0.4, -0.2) is 21.2 Å². The molecule has 0 N–H and O–H groups in total. The van der Waals surface area contributed by atoms with Gasteiger partial charge in [0.05, 0.1) is 4.91 Å². The Labute approximate surface area is 126 Å². The molecule has 2 heterocycles. The lowest BCUT2D eigenvalue weighted by Crippen LogP contribution is -2.39. The number of rotatable bonds is 2. The lowest BCUT2D eigenvalue weighted by Gasteiger charge is -2.29. The summed E-state index contributed by atoms with van der Waals surface area (Å²) in [6, 6.07) is 4.35.